The van der Waals surface area contributed by atoms with E-state index in [4.69, 9.17) is 0 Å². The molecule has 1 N–H and O–H groups in total. The first-order valence-corrected chi connectivity index (χ1v) is 13.1. The summed E-state index contributed by atoms with van der Waals surface area (Å²) in [4.78, 5) is 0. The summed E-state index contributed by atoms with van der Waals surface area (Å²) in [7, 11) is 0. The van der Waals surface area contributed by atoms with Gasteiger partial charge in [-0.15, -0.1) is 0 Å². The molecule has 0 aromatic heterocycles. The molecule has 30 heavy (non-hydrogen) atoms. The molecule has 0 amide bonds. The van der Waals surface area contributed by atoms with E-state index in [2.05, 4.69) is 54.5 Å². The first kappa shape index (κ1) is 22.6. The molecule has 0 spiro atoms. The van der Waals surface area contributed by atoms with Gasteiger partial charge in [0.2, 0.25) is 0 Å². The molecule has 0 heterocycles. The molecular formula is C29H48O. The molecule has 4 aliphatic carbocycles. The Kier molecular flexibility index (Phi) is 5.87. The lowest BCUT2D eigenvalue weighted by atomic mass is 9.46. The highest BCUT2D eigenvalue weighted by Gasteiger charge is 2.59. The summed E-state index contributed by atoms with van der Waals surface area (Å²) in [6.45, 7) is 16.9. The number of hydrogen-bond donors (Lipinski definition) is 1. The van der Waals surface area contributed by atoms with Crippen LogP contribution in [0.5, 0.6) is 0 Å². The molecule has 4 aliphatic rings. The van der Waals surface area contributed by atoms with Gasteiger partial charge in [0.15, 0.2) is 0 Å². The van der Waals surface area contributed by atoms with E-state index in [9.17, 15) is 5.11 Å². The van der Waals surface area contributed by atoms with Gasteiger partial charge in [-0.2, -0.15) is 0 Å². The normalized spacial score (nSPS) is 43.5. The van der Waals surface area contributed by atoms with Crippen LogP contribution in [0.2, 0.25) is 0 Å². The van der Waals surface area contributed by atoms with Crippen LogP contribution in [0.15, 0.2) is 22.8 Å². The molecule has 0 radical (unpaired) electrons. The van der Waals surface area contributed by atoms with Crippen molar-refractivity contribution in [2.75, 3.05) is 0 Å². The Hall–Kier alpha value is -0.560. The maximum Gasteiger partial charge on any atom is 0.0594 e. The van der Waals surface area contributed by atoms with Crippen LogP contribution < -0.4 is 0 Å². The van der Waals surface area contributed by atoms with E-state index in [0.717, 1.165) is 24.2 Å². The van der Waals surface area contributed by atoms with Crippen LogP contribution in [-0.4, -0.2) is 11.2 Å². The van der Waals surface area contributed by atoms with Crippen LogP contribution >= 0.6 is 0 Å². The van der Waals surface area contributed by atoms with E-state index in [1.807, 2.05) is 11.1 Å². The number of aliphatic hydroxyl groups excluding tert-OH is 1. The molecule has 7 atom stereocenters. The molecule has 2 fully saturated rings. The largest absolute Gasteiger partial charge is 0.393 e. The lowest BCUT2D eigenvalue weighted by molar-refractivity contribution is -0.0931. The fraction of sp³-hybridized carbons (Fsp3) is 0.862. The highest BCUT2D eigenvalue weighted by atomic mass is 16.3. The van der Waals surface area contributed by atoms with Crippen LogP contribution in [0.1, 0.15) is 113 Å². The third-order valence-electron chi connectivity index (χ3n) is 10.8. The zero-order valence-corrected chi connectivity index (χ0v) is 21.0. The molecule has 7 unspecified atom stereocenters. The smallest absolute Gasteiger partial charge is 0.0594 e. The lowest BCUT2D eigenvalue weighted by Crippen LogP contribution is -2.53. The Morgan fingerprint density at radius 1 is 1.03 bits per heavy atom. The van der Waals surface area contributed by atoms with Gasteiger partial charge < -0.3 is 5.11 Å². The van der Waals surface area contributed by atoms with Crippen LogP contribution in [0, 0.1) is 39.9 Å². The van der Waals surface area contributed by atoms with Gasteiger partial charge in [0.1, 0.15) is 0 Å². The fourth-order valence-corrected chi connectivity index (χ4v) is 9.10. The monoisotopic (exact) mass is 412 g/mol. The molecule has 1 heteroatoms. The molecular weight excluding hydrogens is 364 g/mol. The number of aliphatic hydroxyl groups is 1. The Bertz CT molecular complexity index is 723. The van der Waals surface area contributed by atoms with Crippen molar-refractivity contribution < 1.29 is 5.11 Å². The highest BCUT2D eigenvalue weighted by Crippen LogP contribution is 2.68. The van der Waals surface area contributed by atoms with Crippen LogP contribution in [-0.2, 0) is 0 Å². The summed E-state index contributed by atoms with van der Waals surface area (Å²) in [5.74, 6) is 3.23. The van der Waals surface area contributed by atoms with Crippen LogP contribution in [0.4, 0.5) is 0 Å². The van der Waals surface area contributed by atoms with Crippen molar-refractivity contribution in [1.82, 2.24) is 0 Å². The van der Waals surface area contributed by atoms with Crippen molar-refractivity contribution in [3.8, 4) is 0 Å². The van der Waals surface area contributed by atoms with Crippen LogP contribution in [0.25, 0.3) is 0 Å². The molecule has 4 rings (SSSR count). The number of hydrogen-bond acceptors (Lipinski definition) is 1. The summed E-state index contributed by atoms with van der Waals surface area (Å²) in [6, 6.07) is 0. The van der Waals surface area contributed by atoms with Crippen molar-refractivity contribution in [2.45, 2.75) is 119 Å². The second-order valence-electron chi connectivity index (χ2n) is 13.0. The van der Waals surface area contributed by atoms with Gasteiger partial charge in [-0.05, 0) is 118 Å². The lowest BCUT2D eigenvalue weighted by Gasteiger charge is -2.60. The van der Waals surface area contributed by atoms with E-state index >= 15 is 0 Å². The molecule has 0 aromatic carbocycles. The molecule has 0 saturated heterocycles. The zero-order valence-electron chi connectivity index (χ0n) is 21.0. The average molecular weight is 413 g/mol. The summed E-state index contributed by atoms with van der Waals surface area (Å²) in [6.07, 6.45) is 15.3. The van der Waals surface area contributed by atoms with Crippen molar-refractivity contribution in [2.24, 2.45) is 39.9 Å². The molecule has 2 saturated carbocycles. The fourth-order valence-electron chi connectivity index (χ4n) is 9.10. The van der Waals surface area contributed by atoms with E-state index in [1.54, 1.807) is 0 Å². The standard InChI is InChI=1S/C29H48O/c1-19(2)9-8-10-20(3)22-12-13-23-21-11-14-25-27(4,5)26(30)16-18-29(25,7)24(21)15-17-28(22,23)6/h9,20,22-23,25-26,30H,8,10-18H2,1-7H3. The Labute approximate surface area is 186 Å². The predicted octanol–water partition coefficient (Wildman–Crippen LogP) is 8.09. The predicted molar refractivity (Wildman–Crippen MR) is 128 cm³/mol. The van der Waals surface area contributed by atoms with Gasteiger partial charge in [0.05, 0.1) is 6.10 Å². The zero-order chi connectivity index (χ0) is 21.9. The van der Waals surface area contributed by atoms with Gasteiger partial charge in [-0.25, -0.2) is 0 Å². The quantitative estimate of drug-likeness (QED) is 0.462. The van der Waals surface area contributed by atoms with Crippen molar-refractivity contribution in [1.29, 1.82) is 0 Å². The minimum absolute atomic E-state index is 0.0595. The SMILES string of the molecule is CC(C)=CCCC(C)C1CCC2C3=C(CCC21C)C1(C)CCC(O)C(C)(C)C1CC3. The minimum atomic E-state index is -0.121. The Morgan fingerprint density at radius 2 is 1.77 bits per heavy atom. The Morgan fingerprint density at radius 3 is 2.47 bits per heavy atom. The summed E-state index contributed by atoms with van der Waals surface area (Å²) in [5.41, 5.74) is 6.15. The van der Waals surface area contributed by atoms with E-state index in [-0.39, 0.29) is 11.5 Å². The molecule has 0 aromatic rings. The van der Waals surface area contributed by atoms with Crippen molar-refractivity contribution in [3.05, 3.63) is 22.8 Å². The Balaban J connectivity index is 1.59. The second kappa shape index (κ2) is 7.79. The minimum Gasteiger partial charge on any atom is -0.393 e. The maximum atomic E-state index is 10.8. The van der Waals surface area contributed by atoms with Crippen LogP contribution in [0.3, 0.4) is 0 Å². The van der Waals surface area contributed by atoms with Crippen molar-refractivity contribution in [3.63, 3.8) is 0 Å². The first-order valence-electron chi connectivity index (χ1n) is 13.1. The van der Waals surface area contributed by atoms with Gasteiger partial charge in [-0.3, -0.25) is 0 Å². The maximum absolute atomic E-state index is 10.8. The van der Waals surface area contributed by atoms with E-state index < -0.39 is 0 Å². The summed E-state index contributed by atoms with van der Waals surface area (Å²) in [5, 5.41) is 10.8. The van der Waals surface area contributed by atoms with E-state index in [1.165, 1.54) is 63.4 Å². The summed E-state index contributed by atoms with van der Waals surface area (Å²) >= 11 is 0. The topological polar surface area (TPSA) is 20.2 Å². The number of allylic oxidation sites excluding steroid dienone is 4. The molecule has 0 bridgehead atoms. The third kappa shape index (κ3) is 3.37. The van der Waals surface area contributed by atoms with E-state index in [0.29, 0.717) is 16.7 Å². The molecule has 1 nitrogen and oxygen atoms in total. The first-order chi connectivity index (χ1) is 14.0. The number of rotatable bonds is 4. The van der Waals surface area contributed by atoms with Gasteiger partial charge in [-0.1, -0.05) is 57.4 Å². The van der Waals surface area contributed by atoms with Crippen molar-refractivity contribution >= 4 is 0 Å². The van der Waals surface area contributed by atoms with Gasteiger partial charge in [0, 0.05) is 0 Å². The second-order valence-corrected chi connectivity index (χ2v) is 13.0. The third-order valence-corrected chi connectivity index (χ3v) is 10.8. The highest BCUT2D eigenvalue weighted by molar-refractivity contribution is 5.35. The summed E-state index contributed by atoms with van der Waals surface area (Å²) < 4.78 is 0. The van der Waals surface area contributed by atoms with Gasteiger partial charge >= 0.3 is 0 Å². The number of fused-ring (bicyclic) bond motifs is 4. The molecule has 170 valence electrons. The van der Waals surface area contributed by atoms with Gasteiger partial charge in [0.25, 0.3) is 0 Å². The average Bonchev–Trinajstić information content (AvgIpc) is 3.02. The molecule has 0 aliphatic heterocycles.